The molecule has 1 amide bonds. The van der Waals surface area contributed by atoms with Gasteiger partial charge >= 0.3 is 5.97 Å². The molecule has 0 spiro atoms. The van der Waals surface area contributed by atoms with E-state index in [1.165, 1.54) is 7.11 Å². The predicted molar refractivity (Wildman–Crippen MR) is 115 cm³/mol. The lowest BCUT2D eigenvalue weighted by atomic mass is 10.0. The second kappa shape index (κ2) is 9.17. The summed E-state index contributed by atoms with van der Waals surface area (Å²) in [5.74, 6) is -0.520. The van der Waals surface area contributed by atoms with Gasteiger partial charge in [0, 0.05) is 17.8 Å². The van der Waals surface area contributed by atoms with Crippen LogP contribution in [0, 0.1) is 0 Å². The van der Waals surface area contributed by atoms with E-state index < -0.39 is 0 Å². The van der Waals surface area contributed by atoms with Crippen LogP contribution in [0.5, 0.6) is 0 Å². The lowest BCUT2D eigenvalue weighted by molar-refractivity contribution is 0.0600. The fraction of sp³-hybridized carbons (Fsp3) is 0.167. The Bertz CT molecular complexity index is 996. The van der Waals surface area contributed by atoms with Gasteiger partial charge in [0.15, 0.2) is 0 Å². The molecule has 5 nitrogen and oxygen atoms in total. The number of nitrogens with zero attached hydrogens (tertiary/aromatic N) is 1. The Hall–Kier alpha value is -3.44. The van der Waals surface area contributed by atoms with Gasteiger partial charge in [0.2, 0.25) is 0 Å². The first-order chi connectivity index (χ1) is 14.0. The molecule has 0 saturated heterocycles. The van der Waals surface area contributed by atoms with Gasteiger partial charge in [-0.3, -0.25) is 4.79 Å². The largest absolute Gasteiger partial charge is 0.465 e. The van der Waals surface area contributed by atoms with Crippen molar-refractivity contribution < 1.29 is 14.3 Å². The number of ether oxygens (including phenoxy) is 1. The van der Waals surface area contributed by atoms with Gasteiger partial charge in [-0.1, -0.05) is 30.3 Å². The monoisotopic (exact) mass is 388 g/mol. The summed E-state index contributed by atoms with van der Waals surface area (Å²) in [5, 5.41) is 2.99. The van der Waals surface area contributed by atoms with Crippen LogP contribution in [0.4, 0.5) is 5.69 Å². The molecular weight excluding hydrogens is 364 g/mol. The Morgan fingerprint density at radius 1 is 0.862 bits per heavy atom. The molecule has 0 aliphatic carbocycles. The Labute approximate surface area is 170 Å². The maximum absolute atomic E-state index is 12.6. The maximum atomic E-state index is 12.6. The molecule has 0 heterocycles. The van der Waals surface area contributed by atoms with E-state index >= 15 is 0 Å². The number of hydrogen-bond donors (Lipinski definition) is 1. The Morgan fingerprint density at radius 2 is 1.55 bits per heavy atom. The standard InChI is InChI=1S/C24H24N2O3/c1-26(2)16-17-13-21(18-9-11-20(12-10-18)24(28)29-3)15-22(14-17)25-23(27)19-7-5-4-6-8-19/h4-15H,16H2,1-3H3,(H,25,27). The highest BCUT2D eigenvalue weighted by Gasteiger charge is 2.10. The van der Waals surface area contributed by atoms with Crippen molar-refractivity contribution in [3.8, 4) is 11.1 Å². The number of carbonyl (C=O) groups is 2. The van der Waals surface area contributed by atoms with Gasteiger partial charge in [-0.25, -0.2) is 4.79 Å². The van der Waals surface area contributed by atoms with Crippen LogP contribution >= 0.6 is 0 Å². The van der Waals surface area contributed by atoms with Crippen molar-refractivity contribution in [3.05, 3.63) is 89.5 Å². The molecule has 0 bridgehead atoms. The summed E-state index contributed by atoms with van der Waals surface area (Å²) in [4.78, 5) is 26.3. The molecule has 0 aliphatic heterocycles. The minimum Gasteiger partial charge on any atom is -0.465 e. The number of rotatable bonds is 6. The summed E-state index contributed by atoms with van der Waals surface area (Å²) in [6.45, 7) is 0.738. The first kappa shape index (κ1) is 20.3. The fourth-order valence-electron chi connectivity index (χ4n) is 3.10. The van der Waals surface area contributed by atoms with Crippen LogP contribution < -0.4 is 5.32 Å². The van der Waals surface area contributed by atoms with Gasteiger partial charge in [-0.2, -0.15) is 0 Å². The minimum atomic E-state index is -0.367. The van der Waals surface area contributed by atoms with E-state index in [0.717, 1.165) is 28.9 Å². The average Bonchev–Trinajstić information content (AvgIpc) is 2.73. The molecule has 0 aromatic heterocycles. The van der Waals surface area contributed by atoms with E-state index in [0.29, 0.717) is 11.1 Å². The van der Waals surface area contributed by atoms with Crippen LogP contribution in [0.2, 0.25) is 0 Å². The number of benzene rings is 3. The Morgan fingerprint density at radius 3 is 2.17 bits per heavy atom. The van der Waals surface area contributed by atoms with Gasteiger partial charge in [-0.05, 0) is 73.3 Å². The van der Waals surface area contributed by atoms with Crippen molar-refractivity contribution in [2.24, 2.45) is 0 Å². The molecule has 3 aromatic rings. The second-order valence-electron chi connectivity index (χ2n) is 7.05. The third-order valence-electron chi connectivity index (χ3n) is 4.42. The van der Waals surface area contributed by atoms with Gasteiger partial charge in [0.1, 0.15) is 0 Å². The Balaban J connectivity index is 1.93. The summed E-state index contributed by atoms with van der Waals surface area (Å²) in [5.41, 5.74) is 4.82. The molecule has 148 valence electrons. The maximum Gasteiger partial charge on any atom is 0.337 e. The molecule has 29 heavy (non-hydrogen) atoms. The van der Waals surface area contributed by atoms with Crippen LogP contribution in [0.1, 0.15) is 26.3 Å². The SMILES string of the molecule is COC(=O)c1ccc(-c2cc(CN(C)C)cc(NC(=O)c3ccccc3)c2)cc1. The van der Waals surface area contributed by atoms with Gasteiger partial charge in [0.25, 0.3) is 5.91 Å². The molecule has 0 unspecified atom stereocenters. The summed E-state index contributed by atoms with van der Waals surface area (Å²) in [7, 11) is 5.36. The summed E-state index contributed by atoms with van der Waals surface area (Å²) >= 11 is 0. The zero-order valence-electron chi connectivity index (χ0n) is 16.8. The predicted octanol–water partition coefficient (Wildman–Crippen LogP) is 4.45. The molecule has 3 rings (SSSR count). The minimum absolute atomic E-state index is 0.153. The molecule has 0 aliphatic rings. The van der Waals surface area contributed by atoms with Crippen molar-refractivity contribution in [1.82, 2.24) is 4.90 Å². The summed E-state index contributed by atoms with van der Waals surface area (Å²) in [6.07, 6.45) is 0. The molecular formula is C24H24N2O3. The normalized spacial score (nSPS) is 10.6. The third kappa shape index (κ3) is 5.30. The number of esters is 1. The molecule has 0 radical (unpaired) electrons. The lowest BCUT2D eigenvalue weighted by Gasteiger charge is -2.15. The highest BCUT2D eigenvalue weighted by molar-refractivity contribution is 6.04. The quantitative estimate of drug-likeness (QED) is 0.634. The van der Waals surface area contributed by atoms with Crippen molar-refractivity contribution in [2.75, 3.05) is 26.5 Å². The zero-order chi connectivity index (χ0) is 20.8. The average molecular weight is 388 g/mol. The van der Waals surface area contributed by atoms with Crippen molar-refractivity contribution in [1.29, 1.82) is 0 Å². The number of hydrogen-bond acceptors (Lipinski definition) is 4. The van der Waals surface area contributed by atoms with E-state index in [1.54, 1.807) is 24.3 Å². The highest BCUT2D eigenvalue weighted by atomic mass is 16.5. The van der Waals surface area contributed by atoms with Crippen LogP contribution in [-0.2, 0) is 11.3 Å². The van der Waals surface area contributed by atoms with Gasteiger partial charge < -0.3 is 15.0 Å². The van der Waals surface area contributed by atoms with E-state index in [-0.39, 0.29) is 11.9 Å². The number of methoxy groups -OCH3 is 1. The van der Waals surface area contributed by atoms with Gasteiger partial charge in [-0.15, -0.1) is 0 Å². The molecule has 1 N–H and O–H groups in total. The first-order valence-electron chi connectivity index (χ1n) is 9.30. The van der Waals surface area contributed by atoms with E-state index in [9.17, 15) is 9.59 Å². The smallest absolute Gasteiger partial charge is 0.337 e. The fourth-order valence-corrected chi connectivity index (χ4v) is 3.10. The number of nitrogens with one attached hydrogen (secondary N) is 1. The number of anilines is 1. The van der Waals surface area contributed by atoms with Crippen molar-refractivity contribution in [3.63, 3.8) is 0 Å². The van der Waals surface area contributed by atoms with Crippen LogP contribution in [-0.4, -0.2) is 38.0 Å². The second-order valence-corrected chi connectivity index (χ2v) is 7.05. The van der Waals surface area contributed by atoms with Crippen LogP contribution in [0.25, 0.3) is 11.1 Å². The summed E-state index contributed by atoms with van der Waals surface area (Å²) < 4.78 is 4.76. The molecule has 3 aromatic carbocycles. The van der Waals surface area contributed by atoms with E-state index in [4.69, 9.17) is 4.74 Å². The van der Waals surface area contributed by atoms with Crippen molar-refractivity contribution in [2.45, 2.75) is 6.54 Å². The van der Waals surface area contributed by atoms with E-state index in [2.05, 4.69) is 16.3 Å². The van der Waals surface area contributed by atoms with Crippen LogP contribution in [0.3, 0.4) is 0 Å². The molecule has 5 heteroatoms. The van der Waals surface area contributed by atoms with Crippen LogP contribution in [0.15, 0.2) is 72.8 Å². The molecule has 0 fully saturated rings. The Kier molecular flexibility index (Phi) is 6.42. The van der Waals surface area contributed by atoms with Crippen molar-refractivity contribution >= 4 is 17.6 Å². The number of carbonyl (C=O) groups excluding carboxylic acids is 2. The number of amides is 1. The first-order valence-corrected chi connectivity index (χ1v) is 9.30. The molecule has 0 saturated carbocycles. The lowest BCUT2D eigenvalue weighted by Crippen LogP contribution is -2.14. The summed E-state index contributed by atoms with van der Waals surface area (Å²) in [6, 6.07) is 22.4. The topological polar surface area (TPSA) is 58.6 Å². The highest BCUT2D eigenvalue weighted by Crippen LogP contribution is 2.26. The zero-order valence-corrected chi connectivity index (χ0v) is 16.8. The molecule has 0 atom stereocenters. The third-order valence-corrected chi connectivity index (χ3v) is 4.42. The van der Waals surface area contributed by atoms with Gasteiger partial charge in [0.05, 0.1) is 12.7 Å². The van der Waals surface area contributed by atoms with E-state index in [1.807, 2.05) is 56.6 Å².